The molecule has 3 nitrogen and oxygen atoms in total. The molecular formula is C6H9ClN2O. The number of hydrogen-bond donors (Lipinski definition) is 0. The van der Waals surface area contributed by atoms with E-state index in [9.17, 15) is 4.79 Å². The molecule has 0 radical (unpaired) electrons. The molecule has 4 heteroatoms. The third-order valence-electron chi connectivity index (χ3n) is 1.07. The zero-order chi connectivity index (χ0) is 8.15. The zero-order valence-corrected chi connectivity index (χ0v) is 6.72. The minimum Gasteiger partial charge on any atom is -0.331 e. The van der Waals surface area contributed by atoms with Gasteiger partial charge >= 0.3 is 5.37 Å². The molecule has 0 aliphatic carbocycles. The first-order valence-electron chi connectivity index (χ1n) is 2.88. The van der Waals surface area contributed by atoms with Gasteiger partial charge in [-0.15, -0.1) is 0 Å². The van der Waals surface area contributed by atoms with Crippen molar-refractivity contribution in [2.75, 3.05) is 13.6 Å². The Kier molecular flexibility index (Phi) is 3.82. The number of nitriles is 1. The molecule has 0 aromatic rings. The van der Waals surface area contributed by atoms with Crippen LogP contribution in [0.5, 0.6) is 0 Å². The average molecular weight is 161 g/mol. The topological polar surface area (TPSA) is 44.1 Å². The van der Waals surface area contributed by atoms with E-state index < -0.39 is 5.37 Å². The van der Waals surface area contributed by atoms with Crippen molar-refractivity contribution >= 4 is 17.0 Å². The largest absolute Gasteiger partial charge is 0.331 e. The molecule has 10 heavy (non-hydrogen) atoms. The molecule has 0 aliphatic rings. The summed E-state index contributed by atoms with van der Waals surface area (Å²) < 4.78 is 0. The van der Waals surface area contributed by atoms with Crippen LogP contribution >= 0.6 is 11.6 Å². The molecule has 0 spiro atoms. The lowest BCUT2D eigenvalue weighted by atomic mass is 10.2. The number of halogens is 1. The van der Waals surface area contributed by atoms with E-state index in [1.165, 1.54) is 4.90 Å². The molecule has 56 valence electrons. The van der Waals surface area contributed by atoms with Crippen LogP contribution < -0.4 is 0 Å². The fourth-order valence-electron chi connectivity index (χ4n) is 0.523. The molecule has 0 saturated carbocycles. The van der Waals surface area contributed by atoms with Crippen LogP contribution in [0.3, 0.4) is 0 Å². The molecule has 1 atom stereocenters. The van der Waals surface area contributed by atoms with Crippen LogP contribution in [0.25, 0.3) is 0 Å². The number of carbonyl (C=O) groups is 1. The van der Waals surface area contributed by atoms with Crippen molar-refractivity contribution in [2.24, 2.45) is 5.92 Å². The predicted octanol–water partition coefficient (Wildman–Crippen LogP) is 1.44. The number of hydrogen-bond acceptors (Lipinski definition) is 2. The summed E-state index contributed by atoms with van der Waals surface area (Å²) in [6.45, 7) is 2.12. The minimum atomic E-state index is -0.526. The molecule has 0 aromatic carbocycles. The molecule has 0 saturated heterocycles. The Labute approximate surface area is 65.2 Å². The van der Waals surface area contributed by atoms with Crippen molar-refractivity contribution in [2.45, 2.75) is 6.92 Å². The molecule has 0 N–H and O–H groups in total. The van der Waals surface area contributed by atoms with Crippen LogP contribution in [-0.2, 0) is 0 Å². The molecule has 1 amide bonds. The van der Waals surface area contributed by atoms with Crippen molar-refractivity contribution in [3.63, 3.8) is 0 Å². The summed E-state index contributed by atoms with van der Waals surface area (Å²) in [4.78, 5) is 11.7. The Morgan fingerprint density at radius 2 is 2.40 bits per heavy atom. The summed E-state index contributed by atoms with van der Waals surface area (Å²) in [6, 6.07) is 2.00. The van der Waals surface area contributed by atoms with E-state index in [-0.39, 0.29) is 5.92 Å². The highest BCUT2D eigenvalue weighted by Gasteiger charge is 2.07. The van der Waals surface area contributed by atoms with E-state index >= 15 is 0 Å². The van der Waals surface area contributed by atoms with E-state index in [1.54, 1.807) is 14.0 Å². The van der Waals surface area contributed by atoms with Gasteiger partial charge < -0.3 is 4.90 Å². The standard InChI is InChI=1S/C6H9ClN2O/c1-5(3-8)4-9(2)6(7)10/h5H,4H2,1-2H3. The van der Waals surface area contributed by atoms with Crippen LogP contribution in [0.15, 0.2) is 0 Å². The first-order valence-corrected chi connectivity index (χ1v) is 3.26. The molecule has 0 rings (SSSR count). The van der Waals surface area contributed by atoms with Crippen LogP contribution in [0, 0.1) is 17.2 Å². The van der Waals surface area contributed by atoms with Crippen molar-refractivity contribution < 1.29 is 4.79 Å². The minimum absolute atomic E-state index is 0.160. The van der Waals surface area contributed by atoms with Crippen LogP contribution in [0.4, 0.5) is 4.79 Å². The molecular weight excluding hydrogens is 152 g/mol. The lowest BCUT2D eigenvalue weighted by Crippen LogP contribution is -2.25. The summed E-state index contributed by atoms with van der Waals surface area (Å²) in [5.74, 6) is -0.160. The van der Waals surface area contributed by atoms with Crippen LogP contribution in [-0.4, -0.2) is 23.9 Å². The van der Waals surface area contributed by atoms with Gasteiger partial charge in [0, 0.05) is 13.6 Å². The number of rotatable bonds is 2. The van der Waals surface area contributed by atoms with Crippen molar-refractivity contribution in [1.82, 2.24) is 4.90 Å². The molecule has 0 aromatic heterocycles. The SMILES string of the molecule is CC(C#N)CN(C)C(=O)Cl. The average Bonchev–Trinajstić information content (AvgIpc) is 1.87. The summed E-state index contributed by atoms with van der Waals surface area (Å²) in [7, 11) is 1.56. The quantitative estimate of drug-likeness (QED) is 0.453. The Bertz CT molecular complexity index is 164. The molecule has 0 heterocycles. The summed E-state index contributed by atoms with van der Waals surface area (Å²) >= 11 is 5.11. The maximum atomic E-state index is 10.4. The van der Waals surface area contributed by atoms with Gasteiger partial charge in [0.15, 0.2) is 0 Å². The van der Waals surface area contributed by atoms with Gasteiger partial charge in [-0.05, 0) is 18.5 Å². The highest BCUT2D eigenvalue weighted by atomic mass is 35.5. The summed E-state index contributed by atoms with van der Waals surface area (Å²) in [5.41, 5.74) is 0. The van der Waals surface area contributed by atoms with E-state index in [0.717, 1.165) is 0 Å². The zero-order valence-electron chi connectivity index (χ0n) is 5.97. The Hall–Kier alpha value is -0.750. The second-order valence-corrected chi connectivity index (χ2v) is 2.49. The normalized spacial score (nSPS) is 11.8. The molecule has 1 unspecified atom stereocenters. The number of carbonyl (C=O) groups excluding carboxylic acids is 1. The van der Waals surface area contributed by atoms with E-state index in [0.29, 0.717) is 6.54 Å². The van der Waals surface area contributed by atoms with Crippen molar-refractivity contribution in [3.8, 4) is 6.07 Å². The van der Waals surface area contributed by atoms with Gasteiger partial charge in [-0.25, -0.2) is 0 Å². The van der Waals surface area contributed by atoms with Gasteiger partial charge in [0.25, 0.3) is 0 Å². The first kappa shape index (κ1) is 9.25. The van der Waals surface area contributed by atoms with E-state index in [2.05, 4.69) is 0 Å². The lowest BCUT2D eigenvalue weighted by molar-refractivity contribution is 0.229. The third kappa shape index (κ3) is 3.31. The predicted molar refractivity (Wildman–Crippen MR) is 38.7 cm³/mol. The maximum absolute atomic E-state index is 10.4. The summed E-state index contributed by atoms with van der Waals surface area (Å²) in [6.07, 6.45) is 0. The van der Waals surface area contributed by atoms with Gasteiger partial charge in [0.1, 0.15) is 0 Å². The van der Waals surface area contributed by atoms with Gasteiger partial charge in [0.2, 0.25) is 0 Å². The van der Waals surface area contributed by atoms with Crippen LogP contribution in [0.1, 0.15) is 6.92 Å². The Morgan fingerprint density at radius 1 is 1.90 bits per heavy atom. The first-order chi connectivity index (χ1) is 4.57. The van der Waals surface area contributed by atoms with E-state index in [1.807, 2.05) is 6.07 Å². The highest BCUT2D eigenvalue weighted by Crippen LogP contribution is 1.98. The van der Waals surface area contributed by atoms with Crippen molar-refractivity contribution in [1.29, 1.82) is 5.26 Å². The molecule has 0 fully saturated rings. The molecule has 0 aliphatic heterocycles. The van der Waals surface area contributed by atoms with Gasteiger partial charge in [-0.1, -0.05) is 0 Å². The second kappa shape index (κ2) is 4.13. The van der Waals surface area contributed by atoms with E-state index in [4.69, 9.17) is 16.9 Å². The monoisotopic (exact) mass is 160 g/mol. The van der Waals surface area contributed by atoms with Crippen molar-refractivity contribution in [3.05, 3.63) is 0 Å². The molecule has 0 bridgehead atoms. The third-order valence-corrected chi connectivity index (χ3v) is 1.36. The maximum Gasteiger partial charge on any atom is 0.316 e. The summed E-state index contributed by atoms with van der Waals surface area (Å²) in [5, 5.41) is 7.81. The van der Waals surface area contributed by atoms with Gasteiger partial charge in [-0.2, -0.15) is 5.26 Å². The number of amides is 1. The second-order valence-electron chi connectivity index (χ2n) is 2.16. The van der Waals surface area contributed by atoms with Crippen LogP contribution in [0.2, 0.25) is 0 Å². The Balaban J connectivity index is 3.70. The fraction of sp³-hybridized carbons (Fsp3) is 0.667. The number of nitrogens with zero attached hydrogens (tertiary/aromatic N) is 2. The van der Waals surface area contributed by atoms with Gasteiger partial charge in [0.05, 0.1) is 12.0 Å². The van der Waals surface area contributed by atoms with Gasteiger partial charge in [-0.3, -0.25) is 4.79 Å². The fourth-order valence-corrected chi connectivity index (χ4v) is 0.592. The highest BCUT2D eigenvalue weighted by molar-refractivity contribution is 6.62. The Morgan fingerprint density at radius 3 is 2.70 bits per heavy atom. The smallest absolute Gasteiger partial charge is 0.316 e. The lowest BCUT2D eigenvalue weighted by Gasteiger charge is -2.13.